The average Bonchev–Trinajstić information content (AvgIpc) is 2.68. The predicted molar refractivity (Wildman–Crippen MR) is 63.0 cm³/mol. The minimum atomic E-state index is -0.526. The van der Waals surface area contributed by atoms with Gasteiger partial charge in [0.05, 0.1) is 17.0 Å². The highest BCUT2D eigenvalue weighted by molar-refractivity contribution is 6.12. The maximum atomic E-state index is 12.6. The number of carbonyl (C=O) groups is 2. The molecular weight excluding hydrogens is 216 g/mol. The molecule has 1 fully saturated rings. The standard InChI is InChI=1S/C13H14N2O2/c1-13-7-14-6-10(13)15-12(17)9-5-3-2-4-8(9)11(13)16/h2-5,10,14H,6-7H2,1H3,(H,15,17)/t10-,13+/m1/s1. The van der Waals surface area contributed by atoms with Crippen LogP contribution in [0.2, 0.25) is 0 Å². The first-order chi connectivity index (χ1) is 8.13. The number of Topliss-reactive ketones (excluding diaryl/α,β-unsaturated/α-hetero) is 1. The van der Waals surface area contributed by atoms with Crippen molar-refractivity contribution in [2.75, 3.05) is 13.1 Å². The topological polar surface area (TPSA) is 58.2 Å². The summed E-state index contributed by atoms with van der Waals surface area (Å²) in [6.45, 7) is 3.19. The third-order valence-electron chi connectivity index (χ3n) is 3.85. The molecule has 2 heterocycles. The van der Waals surface area contributed by atoms with Crippen molar-refractivity contribution in [3.05, 3.63) is 35.4 Å². The molecule has 3 rings (SSSR count). The number of rotatable bonds is 0. The van der Waals surface area contributed by atoms with Crippen LogP contribution in [0.5, 0.6) is 0 Å². The van der Waals surface area contributed by atoms with Crippen LogP contribution in [0.25, 0.3) is 0 Å². The van der Waals surface area contributed by atoms with Crippen molar-refractivity contribution in [2.45, 2.75) is 13.0 Å². The lowest BCUT2D eigenvalue weighted by Gasteiger charge is -2.26. The van der Waals surface area contributed by atoms with Crippen LogP contribution in [0, 0.1) is 5.41 Å². The maximum absolute atomic E-state index is 12.6. The van der Waals surface area contributed by atoms with E-state index in [1.807, 2.05) is 6.92 Å². The van der Waals surface area contributed by atoms with Gasteiger partial charge in [-0.1, -0.05) is 18.2 Å². The molecule has 17 heavy (non-hydrogen) atoms. The van der Waals surface area contributed by atoms with Crippen LogP contribution < -0.4 is 10.6 Å². The van der Waals surface area contributed by atoms with E-state index in [-0.39, 0.29) is 17.7 Å². The Bertz CT molecular complexity index is 512. The van der Waals surface area contributed by atoms with E-state index >= 15 is 0 Å². The SMILES string of the molecule is C[C@]12CNC[C@H]1NC(=O)c1ccccc1C2=O. The molecule has 1 amide bonds. The zero-order chi connectivity index (χ0) is 12.0. The first kappa shape index (κ1) is 10.5. The van der Waals surface area contributed by atoms with Crippen LogP contribution in [-0.2, 0) is 0 Å². The van der Waals surface area contributed by atoms with Gasteiger partial charge in [0.25, 0.3) is 5.91 Å². The second-order valence-electron chi connectivity index (χ2n) is 4.95. The molecule has 2 N–H and O–H groups in total. The highest BCUT2D eigenvalue weighted by Gasteiger charge is 2.48. The summed E-state index contributed by atoms with van der Waals surface area (Å²) in [5.41, 5.74) is 0.509. The Morgan fingerprint density at radius 2 is 1.94 bits per heavy atom. The van der Waals surface area contributed by atoms with Crippen LogP contribution in [0.3, 0.4) is 0 Å². The van der Waals surface area contributed by atoms with E-state index in [0.29, 0.717) is 24.2 Å². The Morgan fingerprint density at radius 3 is 2.71 bits per heavy atom. The van der Waals surface area contributed by atoms with Gasteiger partial charge in [-0.15, -0.1) is 0 Å². The minimum Gasteiger partial charge on any atom is -0.347 e. The van der Waals surface area contributed by atoms with Crippen molar-refractivity contribution in [1.29, 1.82) is 0 Å². The zero-order valence-electron chi connectivity index (χ0n) is 9.62. The van der Waals surface area contributed by atoms with E-state index in [9.17, 15) is 9.59 Å². The summed E-state index contributed by atoms with van der Waals surface area (Å²) >= 11 is 0. The highest BCUT2D eigenvalue weighted by atomic mass is 16.2. The minimum absolute atomic E-state index is 0.0569. The molecule has 2 atom stereocenters. The summed E-state index contributed by atoms with van der Waals surface area (Å²) in [7, 11) is 0. The fraction of sp³-hybridized carbons (Fsp3) is 0.385. The van der Waals surface area contributed by atoms with Crippen LogP contribution in [-0.4, -0.2) is 30.8 Å². The summed E-state index contributed by atoms with van der Waals surface area (Å²) in [6.07, 6.45) is 0. The van der Waals surface area contributed by atoms with Crippen LogP contribution in [0.15, 0.2) is 24.3 Å². The molecule has 0 unspecified atom stereocenters. The van der Waals surface area contributed by atoms with E-state index in [1.165, 1.54) is 0 Å². The van der Waals surface area contributed by atoms with Crippen LogP contribution in [0.1, 0.15) is 27.6 Å². The average molecular weight is 230 g/mol. The fourth-order valence-corrected chi connectivity index (χ4v) is 2.70. The van der Waals surface area contributed by atoms with Gasteiger partial charge in [0, 0.05) is 18.7 Å². The molecule has 2 aliphatic heterocycles. The summed E-state index contributed by atoms with van der Waals surface area (Å²) < 4.78 is 0. The molecular formula is C13H14N2O2. The predicted octanol–water partition coefficient (Wildman–Crippen LogP) is 0.591. The molecule has 0 aromatic heterocycles. The van der Waals surface area contributed by atoms with E-state index in [4.69, 9.17) is 0 Å². The molecule has 88 valence electrons. The summed E-state index contributed by atoms with van der Waals surface area (Å²) in [6, 6.07) is 6.92. The number of fused-ring (bicyclic) bond motifs is 2. The fourth-order valence-electron chi connectivity index (χ4n) is 2.70. The van der Waals surface area contributed by atoms with Gasteiger partial charge in [-0.25, -0.2) is 0 Å². The van der Waals surface area contributed by atoms with Gasteiger partial charge in [0.2, 0.25) is 0 Å². The quantitative estimate of drug-likeness (QED) is 0.686. The Morgan fingerprint density at radius 1 is 1.24 bits per heavy atom. The molecule has 1 aromatic carbocycles. The molecule has 4 nitrogen and oxygen atoms in total. The lowest BCUT2D eigenvalue weighted by molar-refractivity contribution is 0.0800. The molecule has 0 bridgehead atoms. The van der Waals surface area contributed by atoms with Crippen molar-refractivity contribution in [3.63, 3.8) is 0 Å². The summed E-state index contributed by atoms with van der Waals surface area (Å²) in [4.78, 5) is 24.6. The van der Waals surface area contributed by atoms with Gasteiger partial charge in [0.1, 0.15) is 0 Å². The van der Waals surface area contributed by atoms with Gasteiger partial charge in [0.15, 0.2) is 5.78 Å². The van der Waals surface area contributed by atoms with Gasteiger partial charge in [-0.05, 0) is 13.0 Å². The lowest BCUT2D eigenvalue weighted by Crippen LogP contribution is -2.47. The van der Waals surface area contributed by atoms with Gasteiger partial charge in [-0.2, -0.15) is 0 Å². The summed E-state index contributed by atoms with van der Waals surface area (Å²) in [5.74, 6) is -0.0900. The number of nitrogens with one attached hydrogen (secondary N) is 2. The van der Waals surface area contributed by atoms with Crippen molar-refractivity contribution in [2.24, 2.45) is 5.41 Å². The van der Waals surface area contributed by atoms with Gasteiger partial charge < -0.3 is 10.6 Å². The van der Waals surface area contributed by atoms with Gasteiger partial charge >= 0.3 is 0 Å². The molecule has 1 saturated heterocycles. The number of ketones is 1. The van der Waals surface area contributed by atoms with Crippen molar-refractivity contribution in [1.82, 2.24) is 10.6 Å². The van der Waals surface area contributed by atoms with E-state index < -0.39 is 5.41 Å². The Hall–Kier alpha value is -1.68. The maximum Gasteiger partial charge on any atom is 0.252 e. The van der Waals surface area contributed by atoms with Gasteiger partial charge in [-0.3, -0.25) is 9.59 Å². The number of carbonyl (C=O) groups excluding carboxylic acids is 2. The monoisotopic (exact) mass is 230 g/mol. The number of amides is 1. The molecule has 1 aromatic rings. The Balaban J connectivity index is 2.19. The largest absolute Gasteiger partial charge is 0.347 e. The van der Waals surface area contributed by atoms with E-state index in [2.05, 4.69) is 10.6 Å². The molecule has 4 heteroatoms. The van der Waals surface area contributed by atoms with Crippen LogP contribution in [0.4, 0.5) is 0 Å². The first-order valence-corrected chi connectivity index (χ1v) is 5.78. The molecule has 0 aliphatic carbocycles. The van der Waals surface area contributed by atoms with Crippen molar-refractivity contribution >= 4 is 11.7 Å². The first-order valence-electron chi connectivity index (χ1n) is 5.78. The normalized spacial score (nSPS) is 31.5. The molecule has 0 saturated carbocycles. The lowest BCUT2D eigenvalue weighted by atomic mass is 9.78. The van der Waals surface area contributed by atoms with E-state index in [0.717, 1.165) is 0 Å². The highest BCUT2D eigenvalue weighted by Crippen LogP contribution is 2.33. The second-order valence-corrected chi connectivity index (χ2v) is 4.95. The van der Waals surface area contributed by atoms with Crippen molar-refractivity contribution < 1.29 is 9.59 Å². The Labute approximate surface area is 99.4 Å². The Kier molecular flexibility index (Phi) is 2.10. The molecule has 2 aliphatic rings. The number of benzene rings is 1. The smallest absolute Gasteiger partial charge is 0.252 e. The van der Waals surface area contributed by atoms with Crippen LogP contribution >= 0.6 is 0 Å². The molecule has 0 radical (unpaired) electrons. The summed E-state index contributed by atoms with van der Waals surface area (Å²) in [5, 5.41) is 6.12. The second kappa shape index (κ2) is 3.40. The third-order valence-corrected chi connectivity index (χ3v) is 3.85. The zero-order valence-corrected chi connectivity index (χ0v) is 9.62. The van der Waals surface area contributed by atoms with E-state index in [1.54, 1.807) is 24.3 Å². The number of hydrogen-bond acceptors (Lipinski definition) is 3. The molecule has 0 spiro atoms. The van der Waals surface area contributed by atoms with Crippen molar-refractivity contribution in [3.8, 4) is 0 Å². The number of hydrogen-bond donors (Lipinski definition) is 2. The third kappa shape index (κ3) is 1.34.